The number of carbonyl (C=O) groups excluding carboxylic acids is 3. The fourth-order valence-electron chi connectivity index (χ4n) is 3.87. The lowest BCUT2D eigenvalue weighted by molar-refractivity contribution is 0.0669. The maximum atomic E-state index is 13.2. The average Bonchev–Trinajstić information content (AvgIpc) is 3.00. The molecule has 1 atom stereocenters. The Morgan fingerprint density at radius 1 is 1.31 bits per heavy atom. The SMILES string of the molecule is CC(=O)c1[nH]c(C)c(C(=O)N2CCCC(CNC(=O)c3cncc(F)c3)C2)c1C. The van der Waals surface area contributed by atoms with Gasteiger partial charge in [-0.3, -0.25) is 19.4 Å². The Labute approximate surface area is 168 Å². The Kier molecular flexibility index (Phi) is 6.10. The van der Waals surface area contributed by atoms with E-state index < -0.39 is 5.82 Å². The van der Waals surface area contributed by atoms with Crippen LogP contribution >= 0.6 is 0 Å². The number of nitrogens with one attached hydrogen (secondary N) is 2. The van der Waals surface area contributed by atoms with Crippen molar-refractivity contribution < 1.29 is 18.8 Å². The highest BCUT2D eigenvalue weighted by atomic mass is 19.1. The summed E-state index contributed by atoms with van der Waals surface area (Å²) in [4.78, 5) is 45.5. The van der Waals surface area contributed by atoms with Crippen LogP contribution in [0.5, 0.6) is 0 Å². The predicted molar refractivity (Wildman–Crippen MR) is 105 cm³/mol. The third-order valence-corrected chi connectivity index (χ3v) is 5.33. The lowest BCUT2D eigenvalue weighted by Gasteiger charge is -2.33. The number of carbonyl (C=O) groups is 3. The average molecular weight is 400 g/mol. The van der Waals surface area contributed by atoms with Gasteiger partial charge in [-0.15, -0.1) is 0 Å². The Bertz CT molecular complexity index is 953. The summed E-state index contributed by atoms with van der Waals surface area (Å²) in [6.45, 7) is 6.59. The lowest BCUT2D eigenvalue weighted by Crippen LogP contribution is -2.44. The summed E-state index contributed by atoms with van der Waals surface area (Å²) >= 11 is 0. The number of aryl methyl sites for hydroxylation is 1. The number of nitrogens with zero attached hydrogens (tertiary/aromatic N) is 2. The van der Waals surface area contributed by atoms with Crippen molar-refractivity contribution in [2.24, 2.45) is 5.92 Å². The van der Waals surface area contributed by atoms with Crippen molar-refractivity contribution in [3.05, 3.63) is 52.4 Å². The molecule has 2 amide bonds. The first-order chi connectivity index (χ1) is 13.8. The molecule has 2 aromatic rings. The first kappa shape index (κ1) is 20.7. The van der Waals surface area contributed by atoms with E-state index in [0.717, 1.165) is 25.1 Å². The number of amides is 2. The number of H-pyrrole nitrogens is 1. The second-order valence-electron chi connectivity index (χ2n) is 7.54. The van der Waals surface area contributed by atoms with Crippen LogP contribution in [0.1, 0.15) is 62.2 Å². The second-order valence-corrected chi connectivity index (χ2v) is 7.54. The van der Waals surface area contributed by atoms with Crippen LogP contribution in [-0.2, 0) is 0 Å². The molecule has 7 nitrogen and oxygen atoms in total. The number of aromatic nitrogens is 2. The fourth-order valence-corrected chi connectivity index (χ4v) is 3.87. The Hall–Kier alpha value is -3.03. The summed E-state index contributed by atoms with van der Waals surface area (Å²) < 4.78 is 13.2. The number of halogens is 1. The molecule has 0 aromatic carbocycles. The molecule has 2 N–H and O–H groups in total. The minimum absolute atomic E-state index is 0.101. The fraction of sp³-hybridized carbons (Fsp3) is 0.429. The van der Waals surface area contributed by atoms with Crippen molar-refractivity contribution in [2.75, 3.05) is 19.6 Å². The van der Waals surface area contributed by atoms with Crippen LogP contribution in [0, 0.1) is 25.6 Å². The van der Waals surface area contributed by atoms with Crippen molar-refractivity contribution >= 4 is 17.6 Å². The van der Waals surface area contributed by atoms with Crippen LogP contribution in [0.3, 0.4) is 0 Å². The summed E-state index contributed by atoms with van der Waals surface area (Å²) in [5.74, 6) is -1.05. The van der Waals surface area contributed by atoms with E-state index in [1.54, 1.807) is 18.7 Å². The van der Waals surface area contributed by atoms with E-state index >= 15 is 0 Å². The first-order valence-electron chi connectivity index (χ1n) is 9.66. The number of aromatic amines is 1. The molecule has 0 spiro atoms. The van der Waals surface area contributed by atoms with E-state index in [4.69, 9.17) is 0 Å². The lowest BCUT2D eigenvalue weighted by atomic mass is 9.96. The summed E-state index contributed by atoms with van der Waals surface area (Å²) in [7, 11) is 0. The van der Waals surface area contributed by atoms with Gasteiger partial charge < -0.3 is 15.2 Å². The van der Waals surface area contributed by atoms with Gasteiger partial charge in [-0.2, -0.15) is 0 Å². The zero-order chi connectivity index (χ0) is 21.1. The molecule has 3 heterocycles. The molecule has 1 aliphatic heterocycles. The molecule has 1 aliphatic rings. The Balaban J connectivity index is 1.64. The number of pyridine rings is 1. The van der Waals surface area contributed by atoms with Crippen molar-refractivity contribution in [1.29, 1.82) is 0 Å². The number of rotatable bonds is 5. The monoisotopic (exact) mass is 400 g/mol. The summed E-state index contributed by atoms with van der Waals surface area (Å²) in [6, 6.07) is 1.14. The molecule has 3 rings (SSSR count). The van der Waals surface area contributed by atoms with Crippen molar-refractivity contribution in [1.82, 2.24) is 20.2 Å². The Morgan fingerprint density at radius 2 is 2.07 bits per heavy atom. The van der Waals surface area contributed by atoms with Gasteiger partial charge in [-0.25, -0.2) is 4.39 Å². The van der Waals surface area contributed by atoms with E-state index in [1.165, 1.54) is 13.1 Å². The molecular formula is C21H25FN4O3. The quantitative estimate of drug-likeness (QED) is 0.755. The molecule has 1 fully saturated rings. The summed E-state index contributed by atoms with van der Waals surface area (Å²) in [5, 5.41) is 2.80. The van der Waals surface area contributed by atoms with Crippen LogP contribution in [0.25, 0.3) is 0 Å². The molecule has 29 heavy (non-hydrogen) atoms. The van der Waals surface area contributed by atoms with Gasteiger partial charge in [0.25, 0.3) is 11.8 Å². The number of Topliss-reactive ketones (excluding diaryl/α,β-unsaturated/α-hetero) is 1. The topological polar surface area (TPSA) is 95.2 Å². The molecule has 1 saturated heterocycles. The van der Waals surface area contributed by atoms with Gasteiger partial charge in [0.2, 0.25) is 0 Å². The van der Waals surface area contributed by atoms with Gasteiger partial charge in [0.1, 0.15) is 5.82 Å². The van der Waals surface area contributed by atoms with Crippen LogP contribution < -0.4 is 5.32 Å². The summed E-state index contributed by atoms with van der Waals surface area (Å²) in [6.07, 6.45) is 4.08. The highest BCUT2D eigenvalue weighted by molar-refractivity contribution is 6.02. The molecule has 1 unspecified atom stereocenters. The van der Waals surface area contributed by atoms with Crippen molar-refractivity contribution in [3.63, 3.8) is 0 Å². The van der Waals surface area contributed by atoms with E-state index in [2.05, 4.69) is 15.3 Å². The smallest absolute Gasteiger partial charge is 0.255 e. The molecular weight excluding hydrogens is 375 g/mol. The van der Waals surface area contributed by atoms with Gasteiger partial charge in [0, 0.05) is 38.4 Å². The number of hydrogen-bond acceptors (Lipinski definition) is 4. The minimum Gasteiger partial charge on any atom is -0.355 e. The normalized spacial score (nSPS) is 16.6. The molecule has 8 heteroatoms. The maximum absolute atomic E-state index is 13.2. The summed E-state index contributed by atoms with van der Waals surface area (Å²) in [5.41, 5.74) is 2.55. The highest BCUT2D eigenvalue weighted by Gasteiger charge is 2.28. The van der Waals surface area contributed by atoms with E-state index in [1.807, 2.05) is 0 Å². The zero-order valence-corrected chi connectivity index (χ0v) is 16.8. The van der Waals surface area contributed by atoms with Crippen LogP contribution in [0.2, 0.25) is 0 Å². The predicted octanol–water partition coefficient (Wildman–Crippen LogP) is 2.65. The standard InChI is InChI=1S/C21H25FN4O3/c1-12-18(13(2)25-19(12)14(3)27)21(29)26-6-4-5-15(11-26)8-24-20(28)16-7-17(22)10-23-9-16/h7,9-10,15,25H,4-6,8,11H2,1-3H3,(H,24,28). The van der Waals surface area contributed by atoms with Gasteiger partial charge in [0.05, 0.1) is 23.0 Å². The number of likely N-dealkylation sites (tertiary alicyclic amines) is 1. The maximum Gasteiger partial charge on any atom is 0.255 e. The largest absolute Gasteiger partial charge is 0.355 e. The van der Waals surface area contributed by atoms with E-state index in [0.29, 0.717) is 42.1 Å². The second kappa shape index (κ2) is 8.55. The van der Waals surface area contributed by atoms with Crippen LogP contribution in [0.15, 0.2) is 18.5 Å². The Morgan fingerprint density at radius 3 is 2.72 bits per heavy atom. The van der Waals surface area contributed by atoms with Crippen LogP contribution in [0.4, 0.5) is 4.39 Å². The van der Waals surface area contributed by atoms with Crippen molar-refractivity contribution in [2.45, 2.75) is 33.6 Å². The molecule has 0 radical (unpaired) electrons. The van der Waals surface area contributed by atoms with E-state index in [-0.39, 0.29) is 29.1 Å². The highest BCUT2D eigenvalue weighted by Crippen LogP contribution is 2.24. The van der Waals surface area contributed by atoms with Gasteiger partial charge in [0.15, 0.2) is 5.78 Å². The number of hydrogen-bond donors (Lipinski definition) is 2. The van der Waals surface area contributed by atoms with Crippen molar-refractivity contribution in [3.8, 4) is 0 Å². The van der Waals surface area contributed by atoms with Crippen LogP contribution in [-0.4, -0.2) is 52.1 Å². The van der Waals surface area contributed by atoms with Gasteiger partial charge >= 0.3 is 0 Å². The third-order valence-electron chi connectivity index (χ3n) is 5.33. The first-order valence-corrected chi connectivity index (χ1v) is 9.66. The minimum atomic E-state index is -0.561. The molecule has 0 bridgehead atoms. The molecule has 2 aromatic heterocycles. The van der Waals surface area contributed by atoms with E-state index in [9.17, 15) is 18.8 Å². The number of ketones is 1. The molecule has 0 aliphatic carbocycles. The third kappa shape index (κ3) is 4.52. The zero-order valence-electron chi connectivity index (χ0n) is 16.8. The van der Waals surface area contributed by atoms with Gasteiger partial charge in [-0.1, -0.05) is 0 Å². The van der Waals surface area contributed by atoms with Gasteiger partial charge in [-0.05, 0) is 44.2 Å². The molecule has 0 saturated carbocycles. The molecule has 154 valence electrons. The number of piperidine rings is 1.